The van der Waals surface area contributed by atoms with E-state index >= 15 is 0 Å². The van der Waals surface area contributed by atoms with Crippen molar-refractivity contribution in [2.45, 2.75) is 18.5 Å². The molecule has 0 amide bonds. The summed E-state index contributed by atoms with van der Waals surface area (Å²) in [6.07, 6.45) is 4.68. The van der Waals surface area contributed by atoms with Gasteiger partial charge in [0, 0.05) is 31.7 Å². The molecule has 0 aromatic carbocycles. The molecule has 2 aromatic rings. The Kier molecular flexibility index (Phi) is 4.31. The maximum atomic E-state index is 12.6. The monoisotopic (exact) mass is 292 g/mol. The minimum atomic E-state index is -3.70. The Labute approximate surface area is 118 Å². The van der Waals surface area contributed by atoms with Gasteiger partial charge in [-0.25, -0.2) is 13.4 Å². The summed E-state index contributed by atoms with van der Waals surface area (Å²) < 4.78 is 26.4. The molecule has 6 nitrogen and oxygen atoms in total. The quantitative estimate of drug-likeness (QED) is 0.896. The number of anilines is 1. The molecule has 7 heteroatoms. The van der Waals surface area contributed by atoms with Crippen LogP contribution in [0, 0.1) is 0 Å². The number of nitrogen functional groups attached to an aromatic ring is 1. The number of hydrogen-bond acceptors (Lipinski definition) is 5. The third-order valence-electron chi connectivity index (χ3n) is 2.85. The summed E-state index contributed by atoms with van der Waals surface area (Å²) in [7, 11) is -3.70. The first kappa shape index (κ1) is 14.4. The molecule has 0 aliphatic rings. The van der Waals surface area contributed by atoms with Crippen LogP contribution in [0.25, 0.3) is 0 Å². The molecule has 0 aliphatic carbocycles. The van der Waals surface area contributed by atoms with Gasteiger partial charge in [-0.3, -0.25) is 4.98 Å². The van der Waals surface area contributed by atoms with Crippen LogP contribution in [-0.2, 0) is 16.6 Å². The number of sulfonamides is 1. The molecule has 2 rings (SSSR count). The summed E-state index contributed by atoms with van der Waals surface area (Å²) in [6.45, 7) is 2.37. The van der Waals surface area contributed by atoms with Crippen LogP contribution in [0.3, 0.4) is 0 Å². The second-order valence-electron chi connectivity index (χ2n) is 4.18. The SMILES string of the molecule is CCN(Cc1ccncc1)S(=O)(=O)c1ncccc1N. The normalized spacial score (nSPS) is 11.7. The predicted octanol–water partition coefficient (Wildman–Crippen LogP) is 1.27. The van der Waals surface area contributed by atoms with Gasteiger partial charge in [0.2, 0.25) is 0 Å². The third-order valence-corrected chi connectivity index (χ3v) is 4.74. The average Bonchev–Trinajstić information content (AvgIpc) is 2.46. The maximum absolute atomic E-state index is 12.6. The molecule has 0 saturated carbocycles. The van der Waals surface area contributed by atoms with Gasteiger partial charge in [0.1, 0.15) is 0 Å². The molecule has 2 N–H and O–H groups in total. The molecule has 0 spiro atoms. The minimum Gasteiger partial charge on any atom is -0.396 e. The lowest BCUT2D eigenvalue weighted by molar-refractivity contribution is 0.421. The van der Waals surface area contributed by atoms with Crippen molar-refractivity contribution >= 4 is 15.7 Å². The van der Waals surface area contributed by atoms with E-state index in [4.69, 9.17) is 5.73 Å². The van der Waals surface area contributed by atoms with E-state index in [1.54, 1.807) is 37.5 Å². The van der Waals surface area contributed by atoms with Crippen LogP contribution in [0.2, 0.25) is 0 Å². The Bertz CT molecular complexity index is 674. The lowest BCUT2D eigenvalue weighted by atomic mass is 10.3. The number of rotatable bonds is 5. The van der Waals surface area contributed by atoms with Gasteiger partial charge in [0.05, 0.1) is 5.69 Å². The zero-order chi connectivity index (χ0) is 14.6. The fourth-order valence-electron chi connectivity index (χ4n) is 1.80. The smallest absolute Gasteiger partial charge is 0.262 e. The summed E-state index contributed by atoms with van der Waals surface area (Å²) >= 11 is 0. The molecule has 106 valence electrons. The van der Waals surface area contributed by atoms with E-state index in [9.17, 15) is 8.42 Å². The highest BCUT2D eigenvalue weighted by molar-refractivity contribution is 7.89. The number of nitrogens with two attached hydrogens (primary N) is 1. The van der Waals surface area contributed by atoms with Crippen molar-refractivity contribution in [2.75, 3.05) is 12.3 Å². The van der Waals surface area contributed by atoms with E-state index in [0.29, 0.717) is 6.54 Å². The Morgan fingerprint density at radius 2 is 1.90 bits per heavy atom. The fraction of sp³-hybridized carbons (Fsp3) is 0.231. The summed E-state index contributed by atoms with van der Waals surface area (Å²) in [5.41, 5.74) is 6.73. The van der Waals surface area contributed by atoms with Gasteiger partial charge in [-0.2, -0.15) is 4.31 Å². The molecule has 20 heavy (non-hydrogen) atoms. The van der Waals surface area contributed by atoms with Crippen LogP contribution in [0.1, 0.15) is 12.5 Å². The Morgan fingerprint density at radius 1 is 1.20 bits per heavy atom. The first-order valence-electron chi connectivity index (χ1n) is 6.15. The van der Waals surface area contributed by atoms with Crippen LogP contribution in [0.4, 0.5) is 5.69 Å². The summed E-state index contributed by atoms with van der Waals surface area (Å²) in [4.78, 5) is 7.81. The van der Waals surface area contributed by atoms with Gasteiger partial charge in [-0.15, -0.1) is 0 Å². The second kappa shape index (κ2) is 5.98. The van der Waals surface area contributed by atoms with Crippen molar-refractivity contribution in [1.82, 2.24) is 14.3 Å². The first-order chi connectivity index (χ1) is 9.55. The van der Waals surface area contributed by atoms with Crippen LogP contribution >= 0.6 is 0 Å². The second-order valence-corrected chi connectivity index (χ2v) is 6.04. The summed E-state index contributed by atoms with van der Waals surface area (Å²) in [5, 5.41) is -0.101. The van der Waals surface area contributed by atoms with Crippen LogP contribution < -0.4 is 5.73 Å². The molecule has 0 saturated heterocycles. The molecular weight excluding hydrogens is 276 g/mol. The highest BCUT2D eigenvalue weighted by Gasteiger charge is 2.26. The zero-order valence-corrected chi connectivity index (χ0v) is 11.9. The summed E-state index contributed by atoms with van der Waals surface area (Å²) in [6, 6.07) is 6.69. The van der Waals surface area contributed by atoms with Crippen LogP contribution in [0.15, 0.2) is 47.9 Å². The first-order valence-corrected chi connectivity index (χ1v) is 7.59. The lowest BCUT2D eigenvalue weighted by Gasteiger charge is -2.20. The summed E-state index contributed by atoms with van der Waals surface area (Å²) in [5.74, 6) is 0. The van der Waals surface area contributed by atoms with Gasteiger partial charge >= 0.3 is 0 Å². The Hall–Kier alpha value is -1.99. The number of pyridine rings is 2. The van der Waals surface area contributed by atoms with Crippen molar-refractivity contribution in [3.63, 3.8) is 0 Å². The van der Waals surface area contributed by atoms with Gasteiger partial charge in [-0.1, -0.05) is 6.92 Å². The molecule has 0 aliphatic heterocycles. The van der Waals surface area contributed by atoms with Crippen molar-refractivity contribution in [3.05, 3.63) is 48.4 Å². The van der Waals surface area contributed by atoms with Crippen molar-refractivity contribution in [1.29, 1.82) is 0 Å². The Balaban J connectivity index is 2.34. The van der Waals surface area contributed by atoms with Crippen molar-refractivity contribution in [2.24, 2.45) is 0 Å². The third kappa shape index (κ3) is 2.94. The van der Waals surface area contributed by atoms with Gasteiger partial charge < -0.3 is 5.73 Å². The van der Waals surface area contributed by atoms with Crippen LogP contribution in [0.5, 0.6) is 0 Å². The molecule has 2 heterocycles. The highest BCUT2D eigenvalue weighted by atomic mass is 32.2. The van der Waals surface area contributed by atoms with Gasteiger partial charge in [0.15, 0.2) is 5.03 Å². The fourth-order valence-corrected chi connectivity index (χ4v) is 3.26. The largest absolute Gasteiger partial charge is 0.396 e. The molecule has 0 bridgehead atoms. The molecule has 0 fully saturated rings. The topological polar surface area (TPSA) is 89.2 Å². The van der Waals surface area contributed by atoms with Gasteiger partial charge in [-0.05, 0) is 29.8 Å². The lowest BCUT2D eigenvalue weighted by Crippen LogP contribution is -2.31. The van der Waals surface area contributed by atoms with E-state index in [1.807, 2.05) is 0 Å². The van der Waals surface area contributed by atoms with E-state index < -0.39 is 10.0 Å². The van der Waals surface area contributed by atoms with E-state index in [1.165, 1.54) is 16.6 Å². The number of aromatic nitrogens is 2. The zero-order valence-electron chi connectivity index (χ0n) is 11.1. The maximum Gasteiger partial charge on any atom is 0.262 e. The molecule has 0 unspecified atom stereocenters. The molecule has 0 atom stereocenters. The Morgan fingerprint density at radius 3 is 2.50 bits per heavy atom. The molecule has 0 radical (unpaired) electrons. The molecular formula is C13H16N4O2S. The van der Waals surface area contributed by atoms with Crippen molar-refractivity contribution in [3.8, 4) is 0 Å². The highest BCUT2D eigenvalue weighted by Crippen LogP contribution is 2.20. The van der Waals surface area contributed by atoms with E-state index in [2.05, 4.69) is 9.97 Å². The van der Waals surface area contributed by atoms with Crippen molar-refractivity contribution < 1.29 is 8.42 Å². The number of hydrogen-bond donors (Lipinski definition) is 1. The minimum absolute atomic E-state index is 0.101. The standard InChI is InChI=1S/C13H16N4O2S/c1-2-17(10-11-5-8-15-9-6-11)20(18,19)13-12(14)4-3-7-16-13/h3-9H,2,10,14H2,1H3. The average molecular weight is 292 g/mol. The van der Waals surface area contributed by atoms with Crippen LogP contribution in [-0.4, -0.2) is 29.2 Å². The van der Waals surface area contributed by atoms with E-state index in [-0.39, 0.29) is 17.3 Å². The van der Waals surface area contributed by atoms with E-state index in [0.717, 1.165) is 5.56 Å². The number of nitrogens with zero attached hydrogens (tertiary/aromatic N) is 3. The molecule has 2 aromatic heterocycles. The predicted molar refractivity (Wildman–Crippen MR) is 76.2 cm³/mol. The van der Waals surface area contributed by atoms with Gasteiger partial charge in [0.25, 0.3) is 10.0 Å².